The van der Waals surface area contributed by atoms with Gasteiger partial charge >= 0.3 is 0 Å². The van der Waals surface area contributed by atoms with Gasteiger partial charge in [-0.15, -0.1) is 0 Å². The predicted octanol–water partition coefficient (Wildman–Crippen LogP) is 2.14. The topological polar surface area (TPSA) is 50.7 Å². The average Bonchev–Trinajstić information content (AvgIpc) is 2.36. The van der Waals surface area contributed by atoms with Crippen molar-refractivity contribution in [3.05, 3.63) is 24.3 Å². The van der Waals surface area contributed by atoms with Crippen LogP contribution in [0.3, 0.4) is 0 Å². The summed E-state index contributed by atoms with van der Waals surface area (Å²) in [4.78, 5) is 0. The Balaban J connectivity index is 2.22. The van der Waals surface area contributed by atoms with E-state index in [1.165, 1.54) is 0 Å². The van der Waals surface area contributed by atoms with Crippen molar-refractivity contribution in [3.63, 3.8) is 0 Å². The Bertz CT molecular complexity index is 324. The number of nitrogens with one attached hydrogen (secondary N) is 1. The van der Waals surface area contributed by atoms with E-state index in [0.29, 0.717) is 25.7 Å². The summed E-state index contributed by atoms with van der Waals surface area (Å²) in [5.41, 5.74) is 0.957. The van der Waals surface area contributed by atoms with Gasteiger partial charge in [-0.1, -0.05) is 13.8 Å². The van der Waals surface area contributed by atoms with Gasteiger partial charge in [-0.3, -0.25) is 0 Å². The van der Waals surface area contributed by atoms with Crippen LogP contribution in [0.25, 0.3) is 0 Å². The average molecular weight is 253 g/mol. The largest absolute Gasteiger partial charge is 0.497 e. The van der Waals surface area contributed by atoms with Crippen molar-refractivity contribution in [2.24, 2.45) is 5.92 Å². The third-order valence-corrected chi connectivity index (χ3v) is 2.39. The maximum absolute atomic E-state index is 9.71. The summed E-state index contributed by atoms with van der Waals surface area (Å²) in [5, 5.41) is 12.9. The molecule has 0 amide bonds. The number of anilines is 1. The van der Waals surface area contributed by atoms with Gasteiger partial charge in [0, 0.05) is 18.8 Å². The van der Waals surface area contributed by atoms with Crippen LogP contribution in [0.1, 0.15) is 13.8 Å². The molecule has 0 aliphatic rings. The fourth-order valence-electron chi connectivity index (χ4n) is 1.44. The lowest BCUT2D eigenvalue weighted by atomic mass is 10.2. The van der Waals surface area contributed by atoms with Gasteiger partial charge in [0.05, 0.1) is 19.8 Å². The predicted molar refractivity (Wildman–Crippen MR) is 73.1 cm³/mol. The first-order valence-electron chi connectivity index (χ1n) is 6.25. The highest BCUT2D eigenvalue weighted by molar-refractivity contribution is 5.46. The smallest absolute Gasteiger partial charge is 0.119 e. The van der Waals surface area contributed by atoms with Gasteiger partial charge in [-0.2, -0.15) is 0 Å². The molecule has 4 heteroatoms. The summed E-state index contributed by atoms with van der Waals surface area (Å²) in [6, 6.07) is 7.59. The van der Waals surface area contributed by atoms with Gasteiger partial charge in [-0.05, 0) is 30.2 Å². The first kappa shape index (κ1) is 14.8. The summed E-state index contributed by atoms with van der Waals surface area (Å²) in [6.07, 6.45) is -0.495. The second-order valence-electron chi connectivity index (χ2n) is 4.69. The van der Waals surface area contributed by atoms with Crippen LogP contribution in [0.4, 0.5) is 5.69 Å². The SMILES string of the molecule is COc1ccc(NCC(O)COCC(C)C)cc1. The fraction of sp³-hybridized carbons (Fsp3) is 0.571. The Morgan fingerprint density at radius 1 is 1.17 bits per heavy atom. The van der Waals surface area contributed by atoms with Gasteiger partial charge in [0.15, 0.2) is 0 Å². The van der Waals surface area contributed by atoms with E-state index in [9.17, 15) is 5.11 Å². The highest BCUT2D eigenvalue weighted by Gasteiger charge is 2.05. The van der Waals surface area contributed by atoms with Crippen molar-refractivity contribution in [1.82, 2.24) is 0 Å². The molecule has 18 heavy (non-hydrogen) atoms. The standard InChI is InChI=1S/C14H23NO3/c1-11(2)9-18-10-13(16)8-15-12-4-6-14(17-3)7-5-12/h4-7,11,13,15-16H,8-10H2,1-3H3. The monoisotopic (exact) mass is 253 g/mol. The number of methoxy groups -OCH3 is 1. The molecule has 2 N–H and O–H groups in total. The van der Waals surface area contributed by atoms with E-state index in [0.717, 1.165) is 11.4 Å². The molecule has 102 valence electrons. The van der Waals surface area contributed by atoms with Crippen molar-refractivity contribution < 1.29 is 14.6 Å². The molecular weight excluding hydrogens is 230 g/mol. The van der Waals surface area contributed by atoms with Crippen LogP contribution in [-0.2, 0) is 4.74 Å². The van der Waals surface area contributed by atoms with Crippen LogP contribution < -0.4 is 10.1 Å². The van der Waals surface area contributed by atoms with E-state index in [2.05, 4.69) is 19.2 Å². The maximum atomic E-state index is 9.71. The summed E-state index contributed by atoms with van der Waals surface area (Å²) >= 11 is 0. The molecule has 1 unspecified atom stereocenters. The van der Waals surface area contributed by atoms with Gasteiger partial charge in [-0.25, -0.2) is 0 Å². The molecule has 1 atom stereocenters. The minimum absolute atomic E-state index is 0.362. The lowest BCUT2D eigenvalue weighted by Gasteiger charge is -2.14. The Morgan fingerprint density at radius 2 is 1.83 bits per heavy atom. The summed E-state index contributed by atoms with van der Waals surface area (Å²) in [7, 11) is 1.64. The zero-order valence-electron chi connectivity index (χ0n) is 11.3. The van der Waals surface area contributed by atoms with E-state index in [4.69, 9.17) is 9.47 Å². The minimum atomic E-state index is -0.495. The van der Waals surface area contributed by atoms with Crippen LogP contribution in [0.5, 0.6) is 5.75 Å². The van der Waals surface area contributed by atoms with E-state index in [1.807, 2.05) is 24.3 Å². The zero-order valence-corrected chi connectivity index (χ0v) is 11.3. The number of aliphatic hydroxyl groups is 1. The first-order chi connectivity index (χ1) is 8.61. The molecule has 0 spiro atoms. The number of benzene rings is 1. The van der Waals surface area contributed by atoms with Crippen LogP contribution in [0.2, 0.25) is 0 Å². The molecule has 1 aromatic carbocycles. The van der Waals surface area contributed by atoms with Crippen LogP contribution in [0.15, 0.2) is 24.3 Å². The van der Waals surface area contributed by atoms with Crippen LogP contribution >= 0.6 is 0 Å². The molecule has 4 nitrogen and oxygen atoms in total. The zero-order chi connectivity index (χ0) is 13.4. The third-order valence-electron chi connectivity index (χ3n) is 2.39. The van der Waals surface area contributed by atoms with E-state index in [-0.39, 0.29) is 0 Å². The van der Waals surface area contributed by atoms with E-state index >= 15 is 0 Å². The molecule has 0 aromatic heterocycles. The van der Waals surface area contributed by atoms with Gasteiger partial charge < -0.3 is 19.9 Å². The van der Waals surface area contributed by atoms with Crippen molar-refractivity contribution >= 4 is 5.69 Å². The van der Waals surface area contributed by atoms with Gasteiger partial charge in [0.1, 0.15) is 5.75 Å². The van der Waals surface area contributed by atoms with Crippen molar-refractivity contribution in [2.45, 2.75) is 20.0 Å². The second kappa shape index (κ2) is 7.95. The highest BCUT2D eigenvalue weighted by Crippen LogP contribution is 2.14. The lowest BCUT2D eigenvalue weighted by Crippen LogP contribution is -2.25. The van der Waals surface area contributed by atoms with Gasteiger partial charge in [0.2, 0.25) is 0 Å². The number of aliphatic hydroxyl groups excluding tert-OH is 1. The lowest BCUT2D eigenvalue weighted by molar-refractivity contribution is 0.0318. The molecule has 0 aliphatic carbocycles. The number of hydrogen-bond acceptors (Lipinski definition) is 4. The highest BCUT2D eigenvalue weighted by atomic mass is 16.5. The fourth-order valence-corrected chi connectivity index (χ4v) is 1.44. The molecule has 0 radical (unpaired) electrons. The van der Waals surface area contributed by atoms with Crippen LogP contribution in [-0.4, -0.2) is 38.1 Å². The number of rotatable bonds is 8. The minimum Gasteiger partial charge on any atom is -0.497 e. The van der Waals surface area contributed by atoms with Gasteiger partial charge in [0.25, 0.3) is 0 Å². The van der Waals surface area contributed by atoms with Crippen LogP contribution in [0, 0.1) is 5.92 Å². The molecule has 0 saturated carbocycles. The molecule has 0 heterocycles. The summed E-state index contributed by atoms with van der Waals surface area (Å²) < 4.78 is 10.4. The summed E-state index contributed by atoms with van der Waals surface area (Å²) in [5.74, 6) is 1.31. The van der Waals surface area contributed by atoms with Crippen molar-refractivity contribution in [2.75, 3.05) is 32.2 Å². The Labute approximate surface area is 109 Å². The van der Waals surface area contributed by atoms with Crippen molar-refractivity contribution in [3.8, 4) is 5.75 Å². The molecule has 1 rings (SSSR count). The first-order valence-corrected chi connectivity index (χ1v) is 6.25. The normalized spacial score (nSPS) is 12.5. The Hall–Kier alpha value is -1.26. The summed E-state index contributed by atoms with van der Waals surface area (Å²) in [6.45, 7) is 5.69. The van der Waals surface area contributed by atoms with E-state index in [1.54, 1.807) is 7.11 Å². The molecule has 0 bridgehead atoms. The Morgan fingerprint density at radius 3 is 2.39 bits per heavy atom. The quantitative estimate of drug-likeness (QED) is 0.745. The van der Waals surface area contributed by atoms with Crippen molar-refractivity contribution in [1.29, 1.82) is 0 Å². The molecule has 0 saturated heterocycles. The Kier molecular flexibility index (Phi) is 6.54. The molecule has 1 aromatic rings. The third kappa shape index (κ3) is 5.89. The number of hydrogen-bond donors (Lipinski definition) is 2. The molecular formula is C14H23NO3. The second-order valence-corrected chi connectivity index (χ2v) is 4.69. The molecule has 0 fully saturated rings. The maximum Gasteiger partial charge on any atom is 0.119 e. The number of ether oxygens (including phenoxy) is 2. The molecule has 0 aliphatic heterocycles. The van der Waals surface area contributed by atoms with E-state index < -0.39 is 6.10 Å².